The average molecular weight is 412 g/mol. The van der Waals surface area contributed by atoms with Gasteiger partial charge in [-0.05, 0) is 37.0 Å². The van der Waals surface area contributed by atoms with Gasteiger partial charge in [-0.3, -0.25) is 9.59 Å². The number of carbonyl (C=O) groups is 2. The van der Waals surface area contributed by atoms with E-state index in [0.29, 0.717) is 19.7 Å². The number of ether oxygens (including phenoxy) is 3. The lowest BCUT2D eigenvalue weighted by atomic mass is 9.76. The van der Waals surface area contributed by atoms with Crippen molar-refractivity contribution in [2.45, 2.75) is 37.5 Å². The molecule has 5 rings (SSSR count). The Labute approximate surface area is 176 Å². The number of nitrogens with one attached hydrogen (secondary N) is 1. The highest BCUT2D eigenvalue weighted by Gasteiger charge is 2.66. The molecule has 30 heavy (non-hydrogen) atoms. The van der Waals surface area contributed by atoms with E-state index in [4.69, 9.17) is 14.2 Å². The summed E-state index contributed by atoms with van der Waals surface area (Å²) >= 11 is 0. The summed E-state index contributed by atoms with van der Waals surface area (Å²) in [7, 11) is 1.62. The Morgan fingerprint density at radius 1 is 1.43 bits per heavy atom. The molecule has 1 spiro atoms. The van der Waals surface area contributed by atoms with Gasteiger partial charge in [0, 0.05) is 13.7 Å². The molecular weight excluding hydrogens is 384 g/mol. The van der Waals surface area contributed by atoms with E-state index in [-0.39, 0.29) is 24.0 Å². The predicted octanol–water partition coefficient (Wildman–Crippen LogP) is 1.62. The van der Waals surface area contributed by atoms with Crippen molar-refractivity contribution in [3.05, 3.63) is 41.5 Å². The van der Waals surface area contributed by atoms with E-state index in [1.165, 1.54) is 5.56 Å². The predicted molar refractivity (Wildman–Crippen MR) is 109 cm³/mol. The summed E-state index contributed by atoms with van der Waals surface area (Å²) in [5.41, 5.74) is 1.55. The van der Waals surface area contributed by atoms with Crippen molar-refractivity contribution in [1.82, 2.24) is 10.2 Å². The number of nitrogens with zero attached hydrogens (tertiary/aromatic N) is 1. The molecule has 0 unspecified atom stereocenters. The zero-order chi connectivity index (χ0) is 20.9. The van der Waals surface area contributed by atoms with Crippen molar-refractivity contribution >= 4 is 11.8 Å². The van der Waals surface area contributed by atoms with Crippen molar-refractivity contribution in [2.75, 3.05) is 33.4 Å². The first-order chi connectivity index (χ1) is 14.5. The maximum absolute atomic E-state index is 13.3. The first-order valence-electron chi connectivity index (χ1n) is 10.7. The maximum Gasteiger partial charge on any atom is 0.230 e. The minimum Gasteiger partial charge on any atom is -0.493 e. The number of aryl methyl sites for hydroxylation is 1. The van der Waals surface area contributed by atoms with E-state index in [9.17, 15) is 9.59 Å². The third-order valence-electron chi connectivity index (χ3n) is 6.84. The van der Waals surface area contributed by atoms with E-state index in [1.54, 1.807) is 12.0 Å². The molecule has 0 radical (unpaired) electrons. The summed E-state index contributed by atoms with van der Waals surface area (Å²) in [5, 5.41) is 3.13. The van der Waals surface area contributed by atoms with E-state index in [0.717, 1.165) is 30.8 Å². The van der Waals surface area contributed by atoms with Crippen LogP contribution >= 0.6 is 0 Å². The zero-order valence-corrected chi connectivity index (χ0v) is 17.4. The monoisotopic (exact) mass is 412 g/mol. The van der Waals surface area contributed by atoms with Crippen molar-refractivity contribution in [3.63, 3.8) is 0 Å². The Hall–Kier alpha value is -2.38. The van der Waals surface area contributed by atoms with Gasteiger partial charge in [-0.2, -0.15) is 0 Å². The van der Waals surface area contributed by atoms with Gasteiger partial charge < -0.3 is 24.4 Å². The number of likely N-dealkylation sites (tertiary alicyclic amines) is 1. The number of rotatable bonds is 6. The number of methoxy groups -OCH3 is 1. The van der Waals surface area contributed by atoms with Crippen LogP contribution < -0.4 is 10.1 Å². The van der Waals surface area contributed by atoms with E-state index < -0.39 is 17.4 Å². The number of amides is 2. The van der Waals surface area contributed by atoms with Gasteiger partial charge in [0.15, 0.2) is 0 Å². The summed E-state index contributed by atoms with van der Waals surface area (Å²) in [4.78, 5) is 28.1. The Morgan fingerprint density at radius 2 is 2.30 bits per heavy atom. The summed E-state index contributed by atoms with van der Waals surface area (Å²) in [5.74, 6) is -0.172. The quantitative estimate of drug-likeness (QED) is 0.719. The van der Waals surface area contributed by atoms with Crippen LogP contribution in [0.5, 0.6) is 5.75 Å². The van der Waals surface area contributed by atoms with Crippen LogP contribution in [-0.2, 0) is 25.5 Å². The van der Waals surface area contributed by atoms with Gasteiger partial charge >= 0.3 is 0 Å². The fourth-order valence-corrected chi connectivity index (χ4v) is 5.31. The molecule has 0 saturated carbocycles. The van der Waals surface area contributed by atoms with Gasteiger partial charge in [0.05, 0.1) is 43.7 Å². The molecule has 4 aliphatic rings. The van der Waals surface area contributed by atoms with Crippen molar-refractivity contribution in [1.29, 1.82) is 0 Å². The molecule has 7 nitrogen and oxygen atoms in total. The standard InChI is InChI=1S/C23H28N2O5/c1-14(15-5-6-17-16(12-15)4-3-10-29-17)24-21(26)19-18-7-8-23(30-18)13-25(9-11-28-2)22(27)20(19)23/h5-8,12,14,18-20H,3-4,9-11,13H2,1-2H3,(H,24,26)/t14-,18+,19-,20-,23+/m0/s1. The second-order valence-electron chi connectivity index (χ2n) is 8.70. The lowest BCUT2D eigenvalue weighted by Crippen LogP contribution is -2.44. The van der Waals surface area contributed by atoms with Gasteiger partial charge in [0.2, 0.25) is 11.8 Å². The molecule has 2 fully saturated rings. The Bertz CT molecular complexity index is 900. The molecular formula is C23H28N2O5. The van der Waals surface area contributed by atoms with Gasteiger partial charge in [0.25, 0.3) is 0 Å². The van der Waals surface area contributed by atoms with Crippen LogP contribution in [0, 0.1) is 11.8 Å². The molecule has 0 aromatic heterocycles. The summed E-state index contributed by atoms with van der Waals surface area (Å²) in [6, 6.07) is 5.94. The van der Waals surface area contributed by atoms with Crippen LogP contribution in [0.25, 0.3) is 0 Å². The summed E-state index contributed by atoms with van der Waals surface area (Å²) < 4.78 is 17.0. The molecule has 4 heterocycles. The van der Waals surface area contributed by atoms with E-state index in [2.05, 4.69) is 11.4 Å². The highest BCUT2D eigenvalue weighted by atomic mass is 16.5. The van der Waals surface area contributed by atoms with Gasteiger partial charge in [-0.15, -0.1) is 0 Å². The first kappa shape index (κ1) is 19.6. The molecule has 2 saturated heterocycles. The number of fused-ring (bicyclic) bond motifs is 2. The fraction of sp³-hybridized carbons (Fsp3) is 0.565. The summed E-state index contributed by atoms with van der Waals surface area (Å²) in [6.45, 7) is 4.20. The highest BCUT2D eigenvalue weighted by molar-refractivity contribution is 5.93. The minimum atomic E-state index is -0.677. The van der Waals surface area contributed by atoms with Crippen LogP contribution in [0.4, 0.5) is 0 Å². The third kappa shape index (κ3) is 3.03. The van der Waals surface area contributed by atoms with Crippen LogP contribution in [0.2, 0.25) is 0 Å². The lowest BCUT2D eigenvalue weighted by molar-refractivity contribution is -0.138. The van der Waals surface area contributed by atoms with Gasteiger partial charge in [-0.1, -0.05) is 24.3 Å². The van der Waals surface area contributed by atoms with Crippen LogP contribution in [0.3, 0.4) is 0 Å². The molecule has 1 aromatic rings. The molecule has 160 valence electrons. The smallest absolute Gasteiger partial charge is 0.230 e. The highest BCUT2D eigenvalue weighted by Crippen LogP contribution is 2.51. The molecule has 7 heteroatoms. The molecule has 2 bridgehead atoms. The third-order valence-corrected chi connectivity index (χ3v) is 6.84. The average Bonchev–Trinajstić information content (AvgIpc) is 3.40. The Morgan fingerprint density at radius 3 is 3.13 bits per heavy atom. The Balaban J connectivity index is 1.32. The SMILES string of the molecule is COCCN1C[C@@]23C=C[C@@H](O2)[C@H](C(=O)N[C@@H](C)c2ccc4c(c2)CCCO4)[C@H]3C1=O. The molecule has 2 amide bonds. The minimum absolute atomic E-state index is 0.0161. The summed E-state index contributed by atoms with van der Waals surface area (Å²) in [6.07, 6.45) is 5.57. The normalized spacial score (nSPS) is 32.0. The van der Waals surface area contributed by atoms with E-state index >= 15 is 0 Å². The molecule has 1 N–H and O–H groups in total. The van der Waals surface area contributed by atoms with Crippen molar-refractivity contribution in [3.8, 4) is 5.75 Å². The Kier molecular flexibility index (Phi) is 4.82. The molecule has 4 aliphatic heterocycles. The van der Waals surface area contributed by atoms with Crippen molar-refractivity contribution < 1.29 is 23.8 Å². The van der Waals surface area contributed by atoms with Gasteiger partial charge in [0.1, 0.15) is 11.4 Å². The van der Waals surface area contributed by atoms with Gasteiger partial charge in [-0.25, -0.2) is 0 Å². The van der Waals surface area contributed by atoms with Crippen molar-refractivity contribution in [2.24, 2.45) is 11.8 Å². The maximum atomic E-state index is 13.3. The number of carbonyl (C=O) groups excluding carboxylic acids is 2. The zero-order valence-electron chi connectivity index (χ0n) is 17.4. The molecule has 1 aromatic carbocycles. The molecule has 0 aliphatic carbocycles. The van der Waals surface area contributed by atoms with E-state index in [1.807, 2.05) is 31.2 Å². The van der Waals surface area contributed by atoms with Crippen LogP contribution in [0.1, 0.15) is 30.5 Å². The van der Waals surface area contributed by atoms with Crippen LogP contribution in [-0.4, -0.2) is 61.8 Å². The van der Waals surface area contributed by atoms with Crippen LogP contribution in [0.15, 0.2) is 30.4 Å². The molecule has 5 atom stereocenters. The second kappa shape index (κ2) is 7.39. The lowest BCUT2D eigenvalue weighted by Gasteiger charge is -2.26. The largest absolute Gasteiger partial charge is 0.493 e. The number of hydrogen-bond acceptors (Lipinski definition) is 5. The fourth-order valence-electron chi connectivity index (χ4n) is 5.31. The number of benzene rings is 1. The second-order valence-corrected chi connectivity index (χ2v) is 8.70. The number of hydrogen-bond donors (Lipinski definition) is 1. The first-order valence-corrected chi connectivity index (χ1v) is 10.7. The topological polar surface area (TPSA) is 77.1 Å².